The van der Waals surface area contributed by atoms with Crippen molar-refractivity contribution in [2.45, 2.75) is 18.9 Å². The molecule has 5 nitrogen and oxygen atoms in total. The van der Waals surface area contributed by atoms with Gasteiger partial charge in [0.15, 0.2) is 17.5 Å². The van der Waals surface area contributed by atoms with E-state index in [9.17, 15) is 18.0 Å². The molecule has 0 unspecified atom stereocenters. The number of anilines is 1. The van der Waals surface area contributed by atoms with E-state index in [1.165, 1.54) is 6.07 Å². The Morgan fingerprint density at radius 2 is 1.88 bits per heavy atom. The van der Waals surface area contributed by atoms with Crippen LogP contribution in [0.4, 0.5) is 19.0 Å². The summed E-state index contributed by atoms with van der Waals surface area (Å²) in [5.74, 6) is -5.05. The summed E-state index contributed by atoms with van der Waals surface area (Å²) < 4.78 is 45.8. The number of nitrogens with zero attached hydrogens (tertiary/aromatic N) is 2. The van der Waals surface area contributed by atoms with E-state index in [2.05, 4.69) is 15.2 Å². The zero-order chi connectivity index (χ0) is 18.7. The fourth-order valence-corrected chi connectivity index (χ4v) is 2.71. The molecule has 3 rings (SSSR count). The van der Waals surface area contributed by atoms with Gasteiger partial charge in [-0.2, -0.15) is 4.98 Å². The van der Waals surface area contributed by atoms with Gasteiger partial charge in [-0.15, -0.1) is 0 Å². The molecule has 1 aromatic carbocycles. The highest BCUT2D eigenvalue weighted by Gasteiger charge is 2.20. The molecule has 8 heteroatoms. The molecule has 0 spiro atoms. The van der Waals surface area contributed by atoms with Crippen molar-refractivity contribution >= 4 is 11.7 Å². The van der Waals surface area contributed by atoms with Crippen LogP contribution >= 0.6 is 0 Å². The number of halogens is 3. The van der Waals surface area contributed by atoms with Crippen LogP contribution in [0.15, 0.2) is 30.3 Å². The summed E-state index contributed by atoms with van der Waals surface area (Å²) in [4.78, 5) is 18.5. The number of hydrogen-bond acceptors (Lipinski definition) is 4. The quantitative estimate of drug-likeness (QED) is 0.846. The van der Waals surface area contributed by atoms with Crippen molar-refractivity contribution in [1.82, 2.24) is 9.88 Å². The summed E-state index contributed by atoms with van der Waals surface area (Å²) in [6.07, 6.45) is 1.78. The lowest BCUT2D eigenvalue weighted by molar-refractivity contribution is 0.102. The Hall–Kier alpha value is -2.61. The number of pyridine rings is 1. The van der Waals surface area contributed by atoms with Crippen molar-refractivity contribution in [1.29, 1.82) is 0 Å². The van der Waals surface area contributed by atoms with Gasteiger partial charge in [-0.1, -0.05) is 6.07 Å². The van der Waals surface area contributed by atoms with Crippen molar-refractivity contribution in [3.63, 3.8) is 0 Å². The molecular weight excluding hydrogens is 347 g/mol. The van der Waals surface area contributed by atoms with Gasteiger partial charge < -0.3 is 15.0 Å². The highest BCUT2D eigenvalue weighted by molar-refractivity contribution is 6.04. The van der Waals surface area contributed by atoms with Crippen LogP contribution in [-0.2, 0) is 0 Å². The van der Waals surface area contributed by atoms with Crippen LogP contribution in [0.5, 0.6) is 5.88 Å². The lowest BCUT2D eigenvalue weighted by Crippen LogP contribution is -2.35. The fraction of sp³-hybridized carbons (Fsp3) is 0.333. The van der Waals surface area contributed by atoms with Gasteiger partial charge in [-0.25, -0.2) is 13.2 Å². The summed E-state index contributed by atoms with van der Waals surface area (Å²) in [5.41, 5.74) is -0.604. The van der Waals surface area contributed by atoms with Crippen molar-refractivity contribution in [3.8, 4) is 5.88 Å². The molecule has 1 aliphatic rings. The molecule has 2 heterocycles. The molecule has 0 atom stereocenters. The largest absolute Gasteiger partial charge is 0.474 e. The van der Waals surface area contributed by atoms with Crippen molar-refractivity contribution in [3.05, 3.63) is 53.3 Å². The Morgan fingerprint density at radius 3 is 2.62 bits per heavy atom. The van der Waals surface area contributed by atoms with E-state index in [4.69, 9.17) is 4.74 Å². The van der Waals surface area contributed by atoms with Crippen LogP contribution in [0, 0.1) is 17.5 Å². The number of carbonyl (C=O) groups excluding carboxylic acids is 1. The summed E-state index contributed by atoms with van der Waals surface area (Å²) in [5, 5.41) is 2.36. The molecule has 1 aromatic heterocycles. The third-order valence-corrected chi connectivity index (χ3v) is 4.20. The van der Waals surface area contributed by atoms with E-state index in [1.807, 2.05) is 7.05 Å². The topological polar surface area (TPSA) is 54.5 Å². The van der Waals surface area contributed by atoms with E-state index in [-0.39, 0.29) is 11.9 Å². The molecule has 138 valence electrons. The highest BCUT2D eigenvalue weighted by Crippen LogP contribution is 2.20. The zero-order valence-corrected chi connectivity index (χ0v) is 14.1. The first kappa shape index (κ1) is 18.2. The first-order chi connectivity index (χ1) is 12.4. The maximum Gasteiger partial charge on any atom is 0.259 e. The number of carbonyl (C=O) groups is 1. The van der Waals surface area contributed by atoms with Crippen molar-refractivity contribution in [2.24, 2.45) is 0 Å². The van der Waals surface area contributed by atoms with Gasteiger partial charge in [0.2, 0.25) is 5.88 Å². The van der Waals surface area contributed by atoms with Crippen LogP contribution < -0.4 is 10.1 Å². The average molecular weight is 365 g/mol. The molecule has 0 saturated carbocycles. The van der Waals surface area contributed by atoms with Gasteiger partial charge in [0.05, 0.1) is 5.56 Å². The molecule has 1 saturated heterocycles. The second-order valence-corrected chi connectivity index (χ2v) is 6.16. The van der Waals surface area contributed by atoms with Gasteiger partial charge in [-0.05, 0) is 38.1 Å². The van der Waals surface area contributed by atoms with Gasteiger partial charge in [0.25, 0.3) is 5.91 Å². The number of nitrogens with one attached hydrogen (secondary N) is 1. The number of hydrogen-bond donors (Lipinski definition) is 1. The Kier molecular flexibility index (Phi) is 5.41. The van der Waals surface area contributed by atoms with E-state index in [1.54, 1.807) is 12.1 Å². The first-order valence-electron chi connectivity index (χ1n) is 8.21. The SMILES string of the molecule is CN1CCC(Oc2cccc(NC(=O)c3ccc(F)c(F)c3F)n2)CC1. The lowest BCUT2D eigenvalue weighted by atomic mass is 10.1. The molecule has 0 bridgehead atoms. The van der Waals surface area contributed by atoms with E-state index in [0.29, 0.717) is 11.9 Å². The third-order valence-electron chi connectivity index (χ3n) is 4.20. The van der Waals surface area contributed by atoms with Gasteiger partial charge >= 0.3 is 0 Å². The van der Waals surface area contributed by atoms with Crippen LogP contribution in [0.25, 0.3) is 0 Å². The molecule has 1 aliphatic heterocycles. The third kappa shape index (κ3) is 4.13. The minimum atomic E-state index is -1.69. The second kappa shape index (κ2) is 7.74. The van der Waals surface area contributed by atoms with Crippen LogP contribution in [0.3, 0.4) is 0 Å². The number of likely N-dealkylation sites (tertiary alicyclic amines) is 1. The predicted octanol–water partition coefficient (Wildman–Crippen LogP) is 3.22. The van der Waals surface area contributed by atoms with Gasteiger partial charge in [0, 0.05) is 19.2 Å². The molecule has 1 N–H and O–H groups in total. The first-order valence-corrected chi connectivity index (χ1v) is 8.21. The normalized spacial score (nSPS) is 15.7. The molecule has 0 radical (unpaired) electrons. The van der Waals surface area contributed by atoms with Gasteiger partial charge in [0.1, 0.15) is 11.9 Å². The number of benzene rings is 1. The Labute approximate surface area is 148 Å². The maximum absolute atomic E-state index is 13.7. The zero-order valence-electron chi connectivity index (χ0n) is 14.1. The fourth-order valence-electron chi connectivity index (χ4n) is 2.71. The summed E-state index contributed by atoms with van der Waals surface area (Å²) in [6.45, 7) is 1.85. The van der Waals surface area contributed by atoms with Crippen LogP contribution in [0.2, 0.25) is 0 Å². The van der Waals surface area contributed by atoms with E-state index >= 15 is 0 Å². The van der Waals surface area contributed by atoms with Crippen LogP contribution in [-0.4, -0.2) is 42.0 Å². The highest BCUT2D eigenvalue weighted by atomic mass is 19.2. The molecule has 1 amide bonds. The number of ether oxygens (including phenoxy) is 1. The molecule has 1 fully saturated rings. The standard InChI is InChI=1S/C18H18F3N3O2/c1-24-9-7-11(8-10-24)26-15-4-2-3-14(22-15)23-18(25)12-5-6-13(19)17(21)16(12)20/h2-6,11H,7-10H2,1H3,(H,22,23,25). The number of aromatic nitrogens is 1. The van der Waals surface area contributed by atoms with Crippen molar-refractivity contribution < 1.29 is 22.7 Å². The summed E-state index contributed by atoms with van der Waals surface area (Å²) in [7, 11) is 2.04. The van der Waals surface area contributed by atoms with Crippen molar-refractivity contribution in [2.75, 3.05) is 25.5 Å². The van der Waals surface area contributed by atoms with Gasteiger partial charge in [-0.3, -0.25) is 4.79 Å². The minimum Gasteiger partial charge on any atom is -0.474 e. The molecule has 2 aromatic rings. The smallest absolute Gasteiger partial charge is 0.259 e. The Bertz CT molecular complexity index is 808. The average Bonchev–Trinajstić information content (AvgIpc) is 2.62. The maximum atomic E-state index is 13.7. The van der Waals surface area contributed by atoms with E-state index in [0.717, 1.165) is 32.0 Å². The molecule has 26 heavy (non-hydrogen) atoms. The molecule has 0 aliphatic carbocycles. The van der Waals surface area contributed by atoms with E-state index < -0.39 is 28.9 Å². The molecular formula is C18H18F3N3O2. The predicted molar refractivity (Wildman–Crippen MR) is 89.7 cm³/mol. The monoisotopic (exact) mass is 365 g/mol. The number of amides is 1. The second-order valence-electron chi connectivity index (χ2n) is 6.16. The lowest BCUT2D eigenvalue weighted by Gasteiger charge is -2.28. The number of piperidine rings is 1. The van der Waals surface area contributed by atoms with Crippen LogP contribution in [0.1, 0.15) is 23.2 Å². The Balaban J connectivity index is 1.69. The summed E-state index contributed by atoms with van der Waals surface area (Å²) in [6, 6.07) is 6.36. The number of rotatable bonds is 4. The Morgan fingerprint density at radius 1 is 1.15 bits per heavy atom. The minimum absolute atomic E-state index is 0.0355. The summed E-state index contributed by atoms with van der Waals surface area (Å²) >= 11 is 0.